The zero-order valence-corrected chi connectivity index (χ0v) is 15.9. The van der Waals surface area contributed by atoms with E-state index in [0.717, 1.165) is 71.0 Å². The van der Waals surface area contributed by atoms with Crippen molar-refractivity contribution >= 4 is 5.91 Å². The summed E-state index contributed by atoms with van der Waals surface area (Å²) >= 11 is 0. The van der Waals surface area contributed by atoms with Crippen LogP contribution < -0.4 is 0 Å². The number of likely N-dealkylation sites (N-methyl/N-ethyl adjacent to an activating group) is 1. The van der Waals surface area contributed by atoms with E-state index in [1.165, 1.54) is 12.8 Å². The summed E-state index contributed by atoms with van der Waals surface area (Å²) in [6.07, 6.45) is 8.15. The number of rotatable bonds is 6. The van der Waals surface area contributed by atoms with Crippen molar-refractivity contribution in [3.63, 3.8) is 0 Å². The van der Waals surface area contributed by atoms with Gasteiger partial charge in [-0.05, 0) is 55.5 Å². The van der Waals surface area contributed by atoms with Gasteiger partial charge in [0.1, 0.15) is 6.33 Å². The van der Waals surface area contributed by atoms with Gasteiger partial charge in [0.05, 0.1) is 0 Å². The maximum atomic E-state index is 12.6. The number of hydrogen-bond acceptors (Lipinski definition) is 6. The van der Waals surface area contributed by atoms with Crippen molar-refractivity contribution in [3.8, 4) is 0 Å². The number of hydrogen-bond donors (Lipinski definition) is 0. The molecule has 2 aliphatic heterocycles. The molecule has 1 saturated carbocycles. The van der Waals surface area contributed by atoms with Gasteiger partial charge in [-0.25, -0.2) is 4.68 Å². The summed E-state index contributed by atoms with van der Waals surface area (Å²) in [4.78, 5) is 19.8. The first kappa shape index (κ1) is 17.9. The molecule has 0 radical (unpaired) electrons. The Morgan fingerprint density at radius 1 is 1.19 bits per heavy atom. The van der Waals surface area contributed by atoms with E-state index in [0.29, 0.717) is 12.3 Å². The molecule has 144 valence electrons. The molecule has 1 atom stereocenters. The first-order chi connectivity index (χ1) is 12.6. The van der Waals surface area contributed by atoms with E-state index in [1.54, 1.807) is 11.0 Å². The molecule has 3 aliphatic rings. The van der Waals surface area contributed by atoms with Crippen LogP contribution in [0.3, 0.4) is 0 Å². The van der Waals surface area contributed by atoms with Crippen LogP contribution in [0.5, 0.6) is 0 Å². The standard InChI is InChI=1S/C18H31N7O/c1-22-11-12-23(8-2-9-25-15-19-20-21-25)14-18(22)6-5-17(26)24(10-7-18)13-16-3-4-16/h15-16H,2-14H2,1H3. The lowest BCUT2D eigenvalue weighted by Gasteiger charge is -2.49. The SMILES string of the molecule is CN1CCN(CCCn2cnnn2)CC12CCC(=O)N(CC1CC1)CC2. The van der Waals surface area contributed by atoms with Crippen molar-refractivity contribution in [2.24, 2.45) is 5.92 Å². The molecule has 2 saturated heterocycles. The zero-order chi connectivity index (χ0) is 18.0. The lowest BCUT2D eigenvalue weighted by Crippen LogP contribution is -2.61. The Kier molecular flexibility index (Phi) is 5.22. The van der Waals surface area contributed by atoms with Crippen molar-refractivity contribution < 1.29 is 4.79 Å². The molecule has 1 aliphatic carbocycles. The third kappa shape index (κ3) is 4.06. The molecule has 8 nitrogen and oxygen atoms in total. The number of piperazine rings is 1. The molecule has 1 aromatic rings. The number of carbonyl (C=O) groups is 1. The summed E-state index contributed by atoms with van der Waals surface area (Å²) in [5.74, 6) is 1.15. The minimum Gasteiger partial charge on any atom is -0.342 e. The molecule has 8 heteroatoms. The zero-order valence-electron chi connectivity index (χ0n) is 15.9. The fourth-order valence-electron chi connectivity index (χ4n) is 4.51. The Labute approximate surface area is 155 Å². The molecule has 4 rings (SSSR count). The predicted molar refractivity (Wildman–Crippen MR) is 97.4 cm³/mol. The van der Waals surface area contributed by atoms with Crippen LogP contribution in [-0.2, 0) is 11.3 Å². The van der Waals surface area contributed by atoms with Crippen molar-refractivity contribution in [1.29, 1.82) is 0 Å². The van der Waals surface area contributed by atoms with Gasteiger partial charge < -0.3 is 9.80 Å². The van der Waals surface area contributed by atoms with Gasteiger partial charge in [-0.15, -0.1) is 5.10 Å². The molecule has 3 fully saturated rings. The number of carbonyl (C=O) groups excluding carboxylic acids is 1. The largest absolute Gasteiger partial charge is 0.342 e. The molecule has 1 spiro atoms. The second-order valence-corrected chi connectivity index (χ2v) is 8.38. The van der Waals surface area contributed by atoms with E-state index < -0.39 is 0 Å². The minimum absolute atomic E-state index is 0.154. The van der Waals surface area contributed by atoms with Crippen molar-refractivity contribution in [2.45, 2.75) is 50.6 Å². The van der Waals surface area contributed by atoms with Crippen molar-refractivity contribution in [3.05, 3.63) is 6.33 Å². The highest BCUT2D eigenvalue weighted by Gasteiger charge is 2.42. The minimum atomic E-state index is 0.154. The van der Waals surface area contributed by atoms with Crippen LogP contribution in [-0.4, -0.2) is 92.7 Å². The lowest BCUT2D eigenvalue weighted by molar-refractivity contribution is -0.131. The van der Waals surface area contributed by atoms with E-state index in [1.807, 2.05) is 0 Å². The Morgan fingerprint density at radius 3 is 2.85 bits per heavy atom. The Morgan fingerprint density at radius 2 is 2.08 bits per heavy atom. The molecular weight excluding hydrogens is 330 g/mol. The maximum Gasteiger partial charge on any atom is 0.222 e. The fraction of sp³-hybridized carbons (Fsp3) is 0.889. The second-order valence-electron chi connectivity index (χ2n) is 8.38. The summed E-state index contributed by atoms with van der Waals surface area (Å²) in [6.45, 7) is 7.11. The average Bonchev–Trinajstić information content (AvgIpc) is 3.34. The number of tetrazole rings is 1. The monoisotopic (exact) mass is 361 g/mol. The van der Waals surface area contributed by atoms with Gasteiger partial charge in [0, 0.05) is 57.8 Å². The molecule has 1 unspecified atom stereocenters. The Balaban J connectivity index is 1.33. The topological polar surface area (TPSA) is 70.4 Å². The van der Waals surface area contributed by atoms with Crippen LogP contribution in [0.4, 0.5) is 0 Å². The predicted octanol–water partition coefficient (Wildman–Crippen LogP) is 0.472. The summed E-state index contributed by atoms with van der Waals surface area (Å²) in [5, 5.41) is 11.3. The number of aryl methyl sites for hydroxylation is 1. The molecule has 0 aromatic carbocycles. The summed E-state index contributed by atoms with van der Waals surface area (Å²) < 4.78 is 1.80. The van der Waals surface area contributed by atoms with Gasteiger partial charge in [0.2, 0.25) is 5.91 Å². The van der Waals surface area contributed by atoms with Gasteiger partial charge in [-0.3, -0.25) is 9.69 Å². The van der Waals surface area contributed by atoms with E-state index in [2.05, 4.69) is 37.3 Å². The summed E-state index contributed by atoms with van der Waals surface area (Å²) in [7, 11) is 2.25. The highest BCUT2D eigenvalue weighted by atomic mass is 16.2. The third-order valence-corrected chi connectivity index (χ3v) is 6.51. The summed E-state index contributed by atoms with van der Waals surface area (Å²) in [6, 6.07) is 0. The molecule has 3 heterocycles. The Hall–Kier alpha value is -1.54. The van der Waals surface area contributed by atoms with Crippen LogP contribution in [0.1, 0.15) is 38.5 Å². The normalized spacial score (nSPS) is 28.7. The first-order valence-corrected chi connectivity index (χ1v) is 10.1. The maximum absolute atomic E-state index is 12.6. The van der Waals surface area contributed by atoms with Gasteiger partial charge in [0.15, 0.2) is 0 Å². The Bertz CT molecular complexity index is 603. The van der Waals surface area contributed by atoms with Crippen molar-refractivity contribution in [2.75, 3.05) is 46.3 Å². The quantitative estimate of drug-likeness (QED) is 0.734. The molecule has 1 amide bonds. The van der Waals surface area contributed by atoms with Crippen LogP contribution in [0.15, 0.2) is 6.33 Å². The first-order valence-electron chi connectivity index (χ1n) is 10.1. The molecule has 26 heavy (non-hydrogen) atoms. The highest BCUT2D eigenvalue weighted by molar-refractivity contribution is 5.76. The van der Waals surface area contributed by atoms with E-state index in [9.17, 15) is 4.79 Å². The van der Waals surface area contributed by atoms with Gasteiger partial charge in [-0.2, -0.15) is 0 Å². The molecule has 0 bridgehead atoms. The van der Waals surface area contributed by atoms with E-state index in [4.69, 9.17) is 0 Å². The number of nitrogens with zero attached hydrogens (tertiary/aromatic N) is 7. The smallest absolute Gasteiger partial charge is 0.222 e. The van der Waals surface area contributed by atoms with Gasteiger partial charge in [0.25, 0.3) is 0 Å². The lowest BCUT2D eigenvalue weighted by atomic mass is 9.86. The average molecular weight is 361 g/mol. The van der Waals surface area contributed by atoms with Crippen LogP contribution >= 0.6 is 0 Å². The van der Waals surface area contributed by atoms with Crippen LogP contribution in [0.2, 0.25) is 0 Å². The van der Waals surface area contributed by atoms with Crippen LogP contribution in [0.25, 0.3) is 0 Å². The molecule has 0 N–H and O–H groups in total. The number of likely N-dealkylation sites (tertiary alicyclic amines) is 1. The fourth-order valence-corrected chi connectivity index (χ4v) is 4.51. The van der Waals surface area contributed by atoms with Crippen molar-refractivity contribution in [1.82, 2.24) is 34.9 Å². The van der Waals surface area contributed by atoms with E-state index in [-0.39, 0.29) is 5.54 Å². The summed E-state index contributed by atoms with van der Waals surface area (Å²) in [5.41, 5.74) is 0.154. The molecular formula is C18H31N7O. The van der Waals surface area contributed by atoms with Gasteiger partial charge >= 0.3 is 0 Å². The molecule has 1 aromatic heterocycles. The second kappa shape index (κ2) is 7.60. The van der Waals surface area contributed by atoms with Crippen LogP contribution in [0, 0.1) is 5.92 Å². The highest BCUT2D eigenvalue weighted by Crippen LogP contribution is 2.35. The van der Waals surface area contributed by atoms with E-state index >= 15 is 0 Å². The third-order valence-electron chi connectivity index (χ3n) is 6.51. The number of amides is 1. The number of aromatic nitrogens is 4. The van der Waals surface area contributed by atoms with Gasteiger partial charge in [-0.1, -0.05) is 0 Å².